The standard InChI is InChI=1S/C34H50N2O4.C12H23NO3/c1-26-22-32(23-27(2)36(26)33(37)40-34(3,4)5)39-21-20-38-31-18-16-30(17-19-31)35(24-28-12-8-6-9-13-28)25-29-14-10-7-11-15-29;1-8-6-10(14)7-9(2)13(8)11(15)16-12(3,4)5/h6-15,26-27,30-32H,16-25H2,1-5H3;8-10,14H,6-7H2,1-5H3/t26-,27+,30?,31?,32?;8-,9+,10?. The van der Waals surface area contributed by atoms with Crippen LogP contribution in [0.4, 0.5) is 9.59 Å². The maximum Gasteiger partial charge on any atom is 0.410 e. The first-order valence-electron chi connectivity index (χ1n) is 21.1. The molecule has 2 saturated heterocycles. The molecule has 3 fully saturated rings. The summed E-state index contributed by atoms with van der Waals surface area (Å²) in [6.07, 6.45) is 7.05. The summed E-state index contributed by atoms with van der Waals surface area (Å²) in [5, 5.41) is 9.60. The first kappa shape index (κ1) is 45.5. The van der Waals surface area contributed by atoms with Crippen LogP contribution in [0.3, 0.4) is 0 Å². The number of aliphatic hydroxyl groups excluding tert-OH is 1. The van der Waals surface area contributed by atoms with Gasteiger partial charge in [-0.3, -0.25) is 4.90 Å². The van der Waals surface area contributed by atoms with E-state index >= 15 is 0 Å². The summed E-state index contributed by atoms with van der Waals surface area (Å²) in [6.45, 7) is 22.6. The first-order valence-corrected chi connectivity index (χ1v) is 21.1. The number of carbonyl (C=O) groups excluding carboxylic acids is 2. The molecule has 2 unspecified atom stereocenters. The van der Waals surface area contributed by atoms with Crippen LogP contribution >= 0.6 is 0 Å². The highest BCUT2D eigenvalue weighted by Crippen LogP contribution is 2.30. The molecular formula is C46H73N3O7. The average molecular weight is 780 g/mol. The Balaban J connectivity index is 0.000000364. The Hall–Kier alpha value is -3.18. The molecular weight excluding hydrogens is 707 g/mol. The van der Waals surface area contributed by atoms with Crippen molar-refractivity contribution in [2.45, 2.75) is 193 Å². The van der Waals surface area contributed by atoms with Gasteiger partial charge in [0.2, 0.25) is 0 Å². The van der Waals surface area contributed by atoms with Gasteiger partial charge in [-0.2, -0.15) is 0 Å². The van der Waals surface area contributed by atoms with Crippen molar-refractivity contribution in [3.63, 3.8) is 0 Å². The molecule has 0 spiro atoms. The Labute approximate surface area is 338 Å². The van der Waals surface area contributed by atoms with Gasteiger partial charge >= 0.3 is 12.2 Å². The zero-order valence-electron chi connectivity index (χ0n) is 36.1. The Bertz CT molecular complexity index is 1390. The number of nitrogens with zero attached hydrogens (tertiary/aromatic N) is 3. The number of amides is 2. The molecule has 5 rings (SSSR count). The number of benzene rings is 2. The van der Waals surface area contributed by atoms with E-state index in [0.717, 1.165) is 51.6 Å². The molecule has 1 aliphatic carbocycles. The van der Waals surface area contributed by atoms with Gasteiger partial charge in [-0.25, -0.2) is 9.59 Å². The van der Waals surface area contributed by atoms with Crippen LogP contribution in [0.2, 0.25) is 0 Å². The second-order valence-corrected chi connectivity index (χ2v) is 18.4. The minimum absolute atomic E-state index is 0.0357. The summed E-state index contributed by atoms with van der Waals surface area (Å²) < 4.78 is 23.5. The van der Waals surface area contributed by atoms with Gasteiger partial charge in [0.15, 0.2) is 0 Å². The van der Waals surface area contributed by atoms with Gasteiger partial charge in [0.1, 0.15) is 11.2 Å². The van der Waals surface area contributed by atoms with Crippen LogP contribution in [0.5, 0.6) is 0 Å². The number of aliphatic hydroxyl groups is 1. The van der Waals surface area contributed by atoms with E-state index in [4.69, 9.17) is 18.9 Å². The second kappa shape index (κ2) is 21.0. The normalized spacial score (nSPS) is 27.3. The molecule has 1 N–H and O–H groups in total. The maximum absolute atomic E-state index is 12.7. The Morgan fingerprint density at radius 3 is 1.38 bits per heavy atom. The van der Waals surface area contributed by atoms with Gasteiger partial charge in [-0.1, -0.05) is 60.7 Å². The third-order valence-corrected chi connectivity index (χ3v) is 11.0. The smallest absolute Gasteiger partial charge is 0.410 e. The molecule has 2 amide bonds. The zero-order chi connectivity index (χ0) is 41.0. The van der Waals surface area contributed by atoms with E-state index in [9.17, 15) is 14.7 Å². The van der Waals surface area contributed by atoms with Crippen molar-refractivity contribution in [1.29, 1.82) is 0 Å². The number of hydrogen-bond donors (Lipinski definition) is 1. The van der Waals surface area contributed by atoms with Gasteiger partial charge in [0, 0.05) is 43.3 Å². The Morgan fingerprint density at radius 2 is 0.982 bits per heavy atom. The molecule has 314 valence electrons. The zero-order valence-corrected chi connectivity index (χ0v) is 36.1. The van der Waals surface area contributed by atoms with E-state index in [0.29, 0.717) is 38.2 Å². The van der Waals surface area contributed by atoms with Crippen molar-refractivity contribution < 1.29 is 33.6 Å². The van der Waals surface area contributed by atoms with E-state index < -0.39 is 11.2 Å². The van der Waals surface area contributed by atoms with E-state index in [1.54, 1.807) is 4.90 Å². The number of rotatable bonds is 10. The monoisotopic (exact) mass is 780 g/mol. The van der Waals surface area contributed by atoms with Crippen LogP contribution in [0.25, 0.3) is 0 Å². The summed E-state index contributed by atoms with van der Waals surface area (Å²) in [7, 11) is 0. The van der Waals surface area contributed by atoms with Gasteiger partial charge in [0.25, 0.3) is 0 Å². The predicted octanol–water partition coefficient (Wildman–Crippen LogP) is 9.36. The van der Waals surface area contributed by atoms with Crippen LogP contribution in [-0.2, 0) is 32.0 Å². The second-order valence-electron chi connectivity index (χ2n) is 18.4. The fourth-order valence-corrected chi connectivity index (χ4v) is 8.51. The fourth-order valence-electron chi connectivity index (χ4n) is 8.51. The molecule has 0 aromatic heterocycles. The quantitative estimate of drug-likeness (QED) is 0.238. The Kier molecular flexibility index (Phi) is 17.1. The van der Waals surface area contributed by atoms with Crippen molar-refractivity contribution in [3.8, 4) is 0 Å². The third kappa shape index (κ3) is 15.0. The largest absolute Gasteiger partial charge is 0.444 e. The molecule has 10 heteroatoms. The predicted molar refractivity (Wildman–Crippen MR) is 222 cm³/mol. The van der Waals surface area contributed by atoms with Crippen LogP contribution in [0.15, 0.2) is 60.7 Å². The lowest BCUT2D eigenvalue weighted by atomic mass is 9.91. The molecule has 0 bridgehead atoms. The van der Waals surface area contributed by atoms with Crippen LogP contribution in [-0.4, -0.2) is 105 Å². The molecule has 2 aromatic carbocycles. The average Bonchev–Trinajstić information content (AvgIpc) is 3.09. The lowest BCUT2D eigenvalue weighted by Crippen LogP contribution is -2.53. The first-order chi connectivity index (χ1) is 26.4. The molecule has 2 aliphatic heterocycles. The molecule has 3 aliphatic rings. The highest BCUT2D eigenvalue weighted by molar-refractivity contribution is 5.69. The number of piperidine rings is 2. The van der Waals surface area contributed by atoms with Crippen molar-refractivity contribution in [1.82, 2.24) is 14.7 Å². The van der Waals surface area contributed by atoms with E-state index in [-0.39, 0.29) is 48.6 Å². The summed E-state index contributed by atoms with van der Waals surface area (Å²) in [5.74, 6) is 0. The number of hydrogen-bond acceptors (Lipinski definition) is 8. The summed E-state index contributed by atoms with van der Waals surface area (Å²) in [5.41, 5.74) is 1.79. The molecule has 0 radical (unpaired) electrons. The number of likely N-dealkylation sites (tertiary alicyclic amines) is 2. The van der Waals surface area contributed by atoms with Crippen LogP contribution < -0.4 is 0 Å². The van der Waals surface area contributed by atoms with Crippen molar-refractivity contribution >= 4 is 12.2 Å². The number of ether oxygens (including phenoxy) is 4. The molecule has 1 saturated carbocycles. The summed E-state index contributed by atoms with van der Waals surface area (Å²) in [4.78, 5) is 30.9. The molecule has 56 heavy (non-hydrogen) atoms. The van der Waals surface area contributed by atoms with Gasteiger partial charge in [-0.15, -0.1) is 0 Å². The van der Waals surface area contributed by atoms with Crippen LogP contribution in [0.1, 0.15) is 132 Å². The topological polar surface area (TPSA) is 101 Å². The summed E-state index contributed by atoms with van der Waals surface area (Å²) >= 11 is 0. The summed E-state index contributed by atoms with van der Waals surface area (Å²) in [6, 6.07) is 22.5. The minimum Gasteiger partial charge on any atom is -0.444 e. The van der Waals surface area contributed by atoms with Gasteiger partial charge in [-0.05, 0) is 132 Å². The lowest BCUT2D eigenvalue weighted by Gasteiger charge is -2.42. The molecule has 10 nitrogen and oxygen atoms in total. The highest BCUT2D eigenvalue weighted by atomic mass is 16.6. The van der Waals surface area contributed by atoms with Crippen LogP contribution in [0, 0.1) is 0 Å². The van der Waals surface area contributed by atoms with E-state index in [1.165, 1.54) is 11.1 Å². The van der Waals surface area contributed by atoms with Gasteiger partial charge in [0.05, 0.1) is 31.5 Å². The maximum atomic E-state index is 12.7. The van der Waals surface area contributed by atoms with Crippen molar-refractivity contribution in [3.05, 3.63) is 71.8 Å². The van der Waals surface area contributed by atoms with E-state index in [2.05, 4.69) is 79.4 Å². The molecule has 2 heterocycles. The van der Waals surface area contributed by atoms with Crippen molar-refractivity contribution in [2.24, 2.45) is 0 Å². The van der Waals surface area contributed by atoms with Gasteiger partial charge < -0.3 is 33.9 Å². The lowest BCUT2D eigenvalue weighted by molar-refractivity contribution is -0.0713. The van der Waals surface area contributed by atoms with Crippen molar-refractivity contribution in [2.75, 3.05) is 13.2 Å². The molecule has 2 aromatic rings. The molecule has 6 atom stereocenters. The third-order valence-electron chi connectivity index (χ3n) is 11.0. The number of carbonyl (C=O) groups is 2. The minimum atomic E-state index is -0.484. The SMILES string of the molecule is C[C@@H]1CC(O)C[C@H](C)N1C(=O)OC(C)(C)C.C[C@@H]1CC(OCCOC2CCC(N(Cc3ccccc3)Cc3ccccc3)CC2)C[C@H](C)N1C(=O)OC(C)(C)C. The fraction of sp³-hybridized carbons (Fsp3) is 0.696. The van der Waals surface area contributed by atoms with E-state index in [1.807, 2.05) is 60.3 Å². The Morgan fingerprint density at radius 1 is 0.607 bits per heavy atom. The highest BCUT2D eigenvalue weighted by Gasteiger charge is 2.38.